The van der Waals surface area contributed by atoms with Crippen molar-refractivity contribution < 1.29 is 43.7 Å². The van der Waals surface area contributed by atoms with Crippen LogP contribution in [0.5, 0.6) is 11.5 Å². The second kappa shape index (κ2) is 19.2. The number of epoxide rings is 1. The van der Waals surface area contributed by atoms with Crippen LogP contribution in [0.25, 0.3) is 22.3 Å². The first-order valence-corrected chi connectivity index (χ1v) is 19.9. The number of benzene rings is 4. The van der Waals surface area contributed by atoms with Crippen LogP contribution in [0.15, 0.2) is 84.9 Å². The Balaban J connectivity index is 1.31. The molecule has 15 nitrogen and oxygen atoms in total. The molecule has 2 aliphatic heterocycles. The molecule has 0 radical (unpaired) electrons. The van der Waals surface area contributed by atoms with E-state index >= 15 is 0 Å². The van der Waals surface area contributed by atoms with Gasteiger partial charge in [-0.1, -0.05) is 48.0 Å². The molecule has 60 heavy (non-hydrogen) atoms. The molecule has 4 aromatic rings. The van der Waals surface area contributed by atoms with Gasteiger partial charge >= 0.3 is 0 Å². The first kappa shape index (κ1) is 43.3. The largest absolute Gasteiger partial charge is 0.507 e. The molecule has 0 saturated carbocycles. The summed E-state index contributed by atoms with van der Waals surface area (Å²) in [6, 6.07) is 17.8. The monoisotopic (exact) mass is 838 g/mol. The molecule has 5 atom stereocenters. The Morgan fingerprint density at radius 3 is 2.17 bits per heavy atom. The second-order valence-corrected chi connectivity index (χ2v) is 15.3. The van der Waals surface area contributed by atoms with Gasteiger partial charge in [-0.2, -0.15) is 0 Å². The number of carbonyl (C=O) groups excluding carboxylic acids is 6. The highest BCUT2D eigenvalue weighted by Gasteiger charge is 2.36. The van der Waals surface area contributed by atoms with Crippen LogP contribution in [0.1, 0.15) is 53.7 Å². The predicted molar refractivity (Wildman–Crippen MR) is 223 cm³/mol. The molecule has 5 amide bonds. The Labute approximate surface area is 351 Å². The highest BCUT2D eigenvalue weighted by atomic mass is 35.5. The average Bonchev–Trinajstić information content (AvgIpc) is 4.09. The van der Waals surface area contributed by atoms with Gasteiger partial charge in [-0.3, -0.25) is 28.8 Å². The molecule has 0 spiro atoms. The number of nitrogens with two attached hydrogens (primary N) is 1. The van der Waals surface area contributed by atoms with E-state index in [1.54, 1.807) is 42.5 Å². The first-order valence-electron chi connectivity index (χ1n) is 19.6. The van der Waals surface area contributed by atoms with Gasteiger partial charge in [0.15, 0.2) is 5.78 Å². The van der Waals surface area contributed by atoms with E-state index in [0.717, 1.165) is 16.0 Å². The fourth-order valence-electron chi connectivity index (χ4n) is 6.98. The number of Topliss-reactive ketones (excluding diaryl/α,β-unsaturated/α-hetero) is 1. The smallest absolute Gasteiger partial charge is 0.251 e. The molecule has 4 bridgehead atoms. The summed E-state index contributed by atoms with van der Waals surface area (Å²) in [5.74, 6) is -4.16. The van der Waals surface area contributed by atoms with E-state index in [1.165, 1.54) is 44.3 Å². The molecule has 6 rings (SSSR count). The standard InChI is InChI=1S/C44H47ClN6O9/c1-24-40(55)50-34(42(57)47-22-37(54)38-23-60-38)20-25-6-16-35(52)31(19-25)32-21-29(13-17-36(32)53)39(43(58)48-24)51(2)44(59)33(5-3-4-18-46)49-41(56)28-9-7-26(8-10-28)27-11-14-30(45)15-12-27/h6-17,19,21,24,33-34,38-39,52-53H,3-5,18,20,22-23,46H2,1-2H3,(H,47,57)(H,48,58)(H,49,56)(H,50,55). The van der Waals surface area contributed by atoms with Crippen LogP contribution in [-0.2, 0) is 35.1 Å². The maximum atomic E-state index is 14.5. The summed E-state index contributed by atoms with van der Waals surface area (Å²) in [6.07, 6.45) is 0.553. The van der Waals surface area contributed by atoms with Crippen LogP contribution in [0.2, 0.25) is 5.02 Å². The van der Waals surface area contributed by atoms with E-state index in [1.807, 2.05) is 12.1 Å². The minimum atomic E-state index is -1.43. The number of aromatic hydroxyl groups is 2. The summed E-state index contributed by atoms with van der Waals surface area (Å²) >= 11 is 6.04. The van der Waals surface area contributed by atoms with E-state index in [9.17, 15) is 39.0 Å². The van der Waals surface area contributed by atoms with Crippen LogP contribution < -0.4 is 27.0 Å². The Kier molecular flexibility index (Phi) is 13.8. The normalized spacial score (nSPS) is 19.1. The maximum absolute atomic E-state index is 14.5. The molecule has 1 saturated heterocycles. The van der Waals surface area contributed by atoms with E-state index in [0.29, 0.717) is 35.5 Å². The summed E-state index contributed by atoms with van der Waals surface area (Å²) in [5.41, 5.74) is 8.78. The molecule has 4 aromatic carbocycles. The number of unbranched alkanes of at least 4 members (excludes halogenated alkanes) is 1. The van der Waals surface area contributed by atoms with Gasteiger partial charge in [-0.25, -0.2) is 0 Å². The molecule has 5 unspecified atom stereocenters. The number of likely N-dealkylation sites (N-methyl/N-ethyl adjacent to an activating group) is 1. The van der Waals surface area contributed by atoms with E-state index in [4.69, 9.17) is 22.1 Å². The molecule has 16 heteroatoms. The first-order chi connectivity index (χ1) is 28.7. The Morgan fingerprint density at radius 1 is 0.883 bits per heavy atom. The topological polar surface area (TPSA) is 233 Å². The van der Waals surface area contributed by atoms with Crippen molar-refractivity contribution in [3.8, 4) is 33.8 Å². The number of nitrogens with zero attached hydrogens (tertiary/aromatic N) is 1. The van der Waals surface area contributed by atoms with Crippen molar-refractivity contribution in [3.05, 3.63) is 107 Å². The highest BCUT2D eigenvalue weighted by molar-refractivity contribution is 6.30. The number of fused-ring (bicyclic) bond motifs is 5. The van der Waals surface area contributed by atoms with E-state index < -0.39 is 59.8 Å². The third-order valence-corrected chi connectivity index (χ3v) is 10.8. The number of rotatable bonds is 13. The third-order valence-electron chi connectivity index (χ3n) is 10.5. The SMILES string of the molecule is CC1NC(=O)C(N(C)C(=O)C(CCCCN)NC(=O)c2ccc(-c3ccc(Cl)cc3)cc2)c2ccc(O)c(c2)-c2cc(ccc2O)CC(C(=O)NCC(=O)C2CO2)NC1=O. The van der Waals surface area contributed by atoms with Crippen molar-refractivity contribution in [1.29, 1.82) is 0 Å². The number of phenolic OH excluding ortho intramolecular Hbond substituents is 2. The maximum Gasteiger partial charge on any atom is 0.251 e. The zero-order chi connectivity index (χ0) is 43.1. The van der Waals surface area contributed by atoms with Crippen molar-refractivity contribution in [2.24, 2.45) is 5.73 Å². The number of carbonyl (C=O) groups is 6. The van der Waals surface area contributed by atoms with E-state index in [2.05, 4.69) is 21.3 Å². The summed E-state index contributed by atoms with van der Waals surface area (Å²) in [5, 5.41) is 33.4. The molecular formula is C44H47ClN6O9. The van der Waals surface area contributed by atoms with Crippen molar-refractivity contribution in [1.82, 2.24) is 26.2 Å². The number of nitrogens with one attached hydrogen (secondary N) is 4. The lowest BCUT2D eigenvalue weighted by molar-refractivity contribution is -0.141. The van der Waals surface area contributed by atoms with Crippen LogP contribution in [-0.4, -0.2) is 101 Å². The number of halogens is 1. The molecule has 2 aliphatic rings. The Morgan fingerprint density at radius 2 is 1.52 bits per heavy atom. The summed E-state index contributed by atoms with van der Waals surface area (Å²) in [7, 11) is 1.39. The fraction of sp³-hybridized carbons (Fsp3) is 0.318. The quantitative estimate of drug-likeness (QED) is 0.0768. The second-order valence-electron chi connectivity index (χ2n) is 14.9. The van der Waals surface area contributed by atoms with Gasteiger partial charge < -0.3 is 46.9 Å². The molecule has 1 fully saturated rings. The minimum Gasteiger partial charge on any atom is -0.507 e. The predicted octanol–water partition coefficient (Wildman–Crippen LogP) is 3.14. The Hall–Kier alpha value is -6.29. The van der Waals surface area contributed by atoms with Crippen LogP contribution in [0.3, 0.4) is 0 Å². The molecule has 2 heterocycles. The lowest BCUT2D eigenvalue weighted by atomic mass is 9.93. The lowest BCUT2D eigenvalue weighted by Crippen LogP contribution is -2.56. The van der Waals surface area contributed by atoms with Gasteiger partial charge in [0.2, 0.25) is 23.6 Å². The third kappa shape index (κ3) is 10.5. The lowest BCUT2D eigenvalue weighted by Gasteiger charge is -2.32. The molecule has 0 aromatic heterocycles. The zero-order valence-electron chi connectivity index (χ0n) is 33.1. The minimum absolute atomic E-state index is 0.0796. The van der Waals surface area contributed by atoms with Gasteiger partial charge in [0, 0.05) is 35.2 Å². The number of hydrogen-bond acceptors (Lipinski definition) is 10. The zero-order valence-corrected chi connectivity index (χ0v) is 33.8. The molecular weight excluding hydrogens is 792 g/mol. The van der Waals surface area contributed by atoms with Gasteiger partial charge in [0.25, 0.3) is 5.91 Å². The number of phenols is 2. The summed E-state index contributed by atoms with van der Waals surface area (Å²) in [4.78, 5) is 83.0. The molecule has 314 valence electrons. The van der Waals surface area contributed by atoms with Crippen LogP contribution in [0.4, 0.5) is 0 Å². The van der Waals surface area contributed by atoms with Crippen LogP contribution >= 0.6 is 11.6 Å². The van der Waals surface area contributed by atoms with Crippen molar-refractivity contribution in [2.75, 3.05) is 26.7 Å². The van der Waals surface area contributed by atoms with Crippen molar-refractivity contribution in [3.63, 3.8) is 0 Å². The number of ketones is 1. The van der Waals surface area contributed by atoms with Crippen molar-refractivity contribution >= 4 is 46.9 Å². The highest BCUT2D eigenvalue weighted by Crippen LogP contribution is 2.39. The van der Waals surface area contributed by atoms with E-state index in [-0.39, 0.29) is 60.0 Å². The van der Waals surface area contributed by atoms with Gasteiger partial charge in [0.1, 0.15) is 41.8 Å². The van der Waals surface area contributed by atoms with Gasteiger partial charge in [0.05, 0.1) is 13.2 Å². The average molecular weight is 839 g/mol. The summed E-state index contributed by atoms with van der Waals surface area (Å²) in [6.45, 7) is 1.71. The summed E-state index contributed by atoms with van der Waals surface area (Å²) < 4.78 is 5.00. The number of amides is 5. The number of hydrogen-bond donors (Lipinski definition) is 7. The Bertz CT molecular complexity index is 2270. The van der Waals surface area contributed by atoms with Gasteiger partial charge in [-0.15, -0.1) is 0 Å². The van der Waals surface area contributed by atoms with Gasteiger partial charge in [-0.05, 0) is 104 Å². The fourth-order valence-corrected chi connectivity index (χ4v) is 7.11. The van der Waals surface area contributed by atoms with Crippen LogP contribution in [0, 0.1) is 0 Å². The molecule has 0 aliphatic carbocycles. The molecule has 8 N–H and O–H groups in total. The number of ether oxygens (including phenoxy) is 1. The van der Waals surface area contributed by atoms with Crippen molar-refractivity contribution in [2.45, 2.75) is 62.9 Å².